The van der Waals surface area contributed by atoms with Crippen LogP contribution in [0, 0.1) is 6.92 Å². The van der Waals surface area contributed by atoms with E-state index in [1.165, 1.54) is 11.1 Å². The number of aliphatic imine (C=N–C) groups is 1. The molecular weight excluding hydrogens is 182 g/mol. The highest BCUT2D eigenvalue weighted by atomic mass is 32.1. The Bertz CT molecular complexity index is 316. The standard InChI is InChI=1S/C9H13N3S/c1-7-5-13-6-8(7)4-12-9-10-2-3-11-9/h5-6H,2-4H2,1H3,(H2,10,11,12). The SMILES string of the molecule is Cc1cscc1CNC1=NCCN1. The summed E-state index contributed by atoms with van der Waals surface area (Å²) in [6, 6.07) is 0. The fourth-order valence-corrected chi connectivity index (χ4v) is 2.12. The lowest BCUT2D eigenvalue weighted by molar-refractivity contribution is 0.865. The van der Waals surface area contributed by atoms with Gasteiger partial charge in [0.05, 0.1) is 6.54 Å². The van der Waals surface area contributed by atoms with Gasteiger partial charge in [-0.15, -0.1) is 0 Å². The second kappa shape index (κ2) is 3.79. The van der Waals surface area contributed by atoms with E-state index in [0.29, 0.717) is 0 Å². The summed E-state index contributed by atoms with van der Waals surface area (Å²) >= 11 is 1.75. The average molecular weight is 195 g/mol. The highest BCUT2D eigenvalue weighted by Gasteiger charge is 2.04. The number of hydrogen-bond acceptors (Lipinski definition) is 4. The molecule has 0 atom stereocenters. The Morgan fingerprint density at radius 2 is 2.54 bits per heavy atom. The first-order valence-corrected chi connectivity index (χ1v) is 5.34. The molecule has 2 rings (SSSR count). The Morgan fingerprint density at radius 3 is 3.15 bits per heavy atom. The van der Waals surface area contributed by atoms with Gasteiger partial charge in [0.25, 0.3) is 0 Å². The molecule has 0 spiro atoms. The Balaban J connectivity index is 1.89. The van der Waals surface area contributed by atoms with Crippen molar-refractivity contribution < 1.29 is 0 Å². The molecule has 0 bridgehead atoms. The lowest BCUT2D eigenvalue weighted by Crippen LogP contribution is -2.33. The van der Waals surface area contributed by atoms with Gasteiger partial charge in [-0.05, 0) is 28.8 Å². The van der Waals surface area contributed by atoms with E-state index < -0.39 is 0 Å². The highest BCUT2D eigenvalue weighted by Crippen LogP contribution is 2.12. The smallest absolute Gasteiger partial charge is 0.191 e. The maximum atomic E-state index is 4.26. The Hall–Kier alpha value is -1.03. The van der Waals surface area contributed by atoms with Crippen molar-refractivity contribution >= 4 is 17.3 Å². The average Bonchev–Trinajstić information content (AvgIpc) is 2.72. The summed E-state index contributed by atoms with van der Waals surface area (Å²) in [6.45, 7) is 4.87. The number of hydrogen-bond donors (Lipinski definition) is 2. The summed E-state index contributed by atoms with van der Waals surface area (Å²) in [6.07, 6.45) is 0. The van der Waals surface area contributed by atoms with Crippen LogP contribution in [0.3, 0.4) is 0 Å². The van der Waals surface area contributed by atoms with Crippen LogP contribution in [0.15, 0.2) is 15.8 Å². The van der Waals surface area contributed by atoms with E-state index in [4.69, 9.17) is 0 Å². The van der Waals surface area contributed by atoms with Crippen molar-refractivity contribution in [3.63, 3.8) is 0 Å². The normalized spacial score (nSPS) is 15.3. The Morgan fingerprint density at radius 1 is 1.62 bits per heavy atom. The lowest BCUT2D eigenvalue weighted by atomic mass is 10.2. The molecule has 1 aliphatic rings. The molecular formula is C9H13N3S. The number of nitrogens with zero attached hydrogens (tertiary/aromatic N) is 1. The monoisotopic (exact) mass is 195 g/mol. The lowest BCUT2D eigenvalue weighted by Gasteiger charge is -2.05. The molecule has 0 saturated carbocycles. The molecule has 4 heteroatoms. The van der Waals surface area contributed by atoms with E-state index in [1.54, 1.807) is 11.3 Å². The second-order valence-electron chi connectivity index (χ2n) is 3.09. The highest BCUT2D eigenvalue weighted by molar-refractivity contribution is 7.08. The molecule has 0 radical (unpaired) electrons. The molecule has 2 N–H and O–H groups in total. The Kier molecular flexibility index (Phi) is 2.49. The third-order valence-corrected chi connectivity index (χ3v) is 2.99. The summed E-state index contributed by atoms with van der Waals surface area (Å²) < 4.78 is 0. The molecule has 1 aromatic heterocycles. The number of rotatable bonds is 2. The van der Waals surface area contributed by atoms with Crippen LogP contribution in [0.25, 0.3) is 0 Å². The summed E-state index contributed by atoms with van der Waals surface area (Å²) in [4.78, 5) is 4.26. The van der Waals surface area contributed by atoms with Gasteiger partial charge >= 0.3 is 0 Å². The Labute approximate surface area is 81.9 Å². The summed E-state index contributed by atoms with van der Waals surface area (Å²) in [5.74, 6) is 0.936. The molecule has 70 valence electrons. The second-order valence-corrected chi connectivity index (χ2v) is 3.83. The van der Waals surface area contributed by atoms with Crippen LogP contribution < -0.4 is 10.6 Å². The molecule has 0 amide bonds. The van der Waals surface area contributed by atoms with E-state index in [0.717, 1.165) is 25.6 Å². The predicted octanol–water partition coefficient (Wildman–Crippen LogP) is 1.11. The van der Waals surface area contributed by atoms with E-state index >= 15 is 0 Å². The molecule has 13 heavy (non-hydrogen) atoms. The van der Waals surface area contributed by atoms with Crippen LogP contribution in [-0.2, 0) is 6.54 Å². The summed E-state index contributed by atoms with van der Waals surface area (Å²) in [5.41, 5.74) is 2.72. The zero-order valence-electron chi connectivity index (χ0n) is 7.63. The van der Waals surface area contributed by atoms with Gasteiger partial charge in [-0.2, -0.15) is 11.3 Å². The van der Waals surface area contributed by atoms with Crippen molar-refractivity contribution in [3.05, 3.63) is 21.9 Å². The number of aryl methyl sites for hydroxylation is 1. The van der Waals surface area contributed by atoms with Crippen molar-refractivity contribution in [1.29, 1.82) is 0 Å². The van der Waals surface area contributed by atoms with Crippen molar-refractivity contribution in [3.8, 4) is 0 Å². The maximum absolute atomic E-state index is 4.26. The molecule has 2 heterocycles. The quantitative estimate of drug-likeness (QED) is 0.741. The van der Waals surface area contributed by atoms with Gasteiger partial charge < -0.3 is 10.6 Å². The maximum Gasteiger partial charge on any atom is 0.191 e. The van der Waals surface area contributed by atoms with Crippen LogP contribution in [0.5, 0.6) is 0 Å². The molecule has 0 aliphatic carbocycles. The first kappa shape index (κ1) is 8.56. The number of nitrogens with one attached hydrogen (secondary N) is 2. The van der Waals surface area contributed by atoms with Gasteiger partial charge in [0.15, 0.2) is 5.96 Å². The molecule has 0 unspecified atom stereocenters. The van der Waals surface area contributed by atoms with E-state index in [-0.39, 0.29) is 0 Å². The molecule has 1 aromatic rings. The fraction of sp³-hybridized carbons (Fsp3) is 0.444. The number of guanidine groups is 1. The minimum Gasteiger partial charge on any atom is -0.355 e. The minimum atomic E-state index is 0.876. The summed E-state index contributed by atoms with van der Waals surface area (Å²) in [5, 5.41) is 10.8. The van der Waals surface area contributed by atoms with Gasteiger partial charge in [0.2, 0.25) is 0 Å². The number of thiophene rings is 1. The van der Waals surface area contributed by atoms with Gasteiger partial charge in [-0.25, -0.2) is 0 Å². The van der Waals surface area contributed by atoms with Crippen LogP contribution >= 0.6 is 11.3 Å². The van der Waals surface area contributed by atoms with Crippen molar-refractivity contribution in [2.24, 2.45) is 4.99 Å². The van der Waals surface area contributed by atoms with Gasteiger partial charge in [0, 0.05) is 13.1 Å². The van der Waals surface area contributed by atoms with Gasteiger partial charge in [-0.3, -0.25) is 4.99 Å². The van der Waals surface area contributed by atoms with Crippen LogP contribution in [0.1, 0.15) is 11.1 Å². The van der Waals surface area contributed by atoms with Gasteiger partial charge in [-0.1, -0.05) is 0 Å². The zero-order chi connectivity index (χ0) is 9.10. The van der Waals surface area contributed by atoms with Crippen molar-refractivity contribution in [2.75, 3.05) is 13.1 Å². The minimum absolute atomic E-state index is 0.876. The largest absolute Gasteiger partial charge is 0.355 e. The first-order chi connectivity index (χ1) is 6.36. The van der Waals surface area contributed by atoms with Crippen LogP contribution in [0.4, 0.5) is 0 Å². The topological polar surface area (TPSA) is 36.4 Å². The third kappa shape index (κ3) is 2.01. The molecule has 0 fully saturated rings. The summed E-state index contributed by atoms with van der Waals surface area (Å²) in [7, 11) is 0. The fourth-order valence-electron chi connectivity index (χ4n) is 1.26. The predicted molar refractivity (Wildman–Crippen MR) is 56.2 cm³/mol. The van der Waals surface area contributed by atoms with E-state index in [1.807, 2.05) is 0 Å². The molecule has 0 aromatic carbocycles. The van der Waals surface area contributed by atoms with Gasteiger partial charge in [0.1, 0.15) is 0 Å². The molecule has 1 aliphatic heterocycles. The van der Waals surface area contributed by atoms with Crippen molar-refractivity contribution in [2.45, 2.75) is 13.5 Å². The van der Waals surface area contributed by atoms with Crippen molar-refractivity contribution in [1.82, 2.24) is 10.6 Å². The molecule has 3 nitrogen and oxygen atoms in total. The van der Waals surface area contributed by atoms with E-state index in [9.17, 15) is 0 Å². The van der Waals surface area contributed by atoms with E-state index in [2.05, 4.69) is 33.3 Å². The third-order valence-electron chi connectivity index (χ3n) is 2.08. The first-order valence-electron chi connectivity index (χ1n) is 4.40. The molecule has 0 saturated heterocycles. The zero-order valence-corrected chi connectivity index (χ0v) is 8.45. The van der Waals surface area contributed by atoms with Crippen LogP contribution in [-0.4, -0.2) is 19.0 Å². The van der Waals surface area contributed by atoms with Crippen LogP contribution in [0.2, 0.25) is 0 Å².